The van der Waals surface area contributed by atoms with E-state index in [0.717, 1.165) is 38.8 Å². The number of amides is 2. The molecular weight excluding hydrogens is 256 g/mol. The highest BCUT2D eigenvalue weighted by molar-refractivity contribution is 5.76. The van der Waals surface area contributed by atoms with E-state index in [-0.39, 0.29) is 11.8 Å². The van der Waals surface area contributed by atoms with Gasteiger partial charge in [-0.25, -0.2) is 0 Å². The Morgan fingerprint density at radius 3 is 1.80 bits per heavy atom. The van der Waals surface area contributed by atoms with Crippen LogP contribution in [-0.2, 0) is 9.59 Å². The SMILES string of the molecule is NC(=O)CCCCC(=O)N1CCCCCC1.NCCN. The van der Waals surface area contributed by atoms with Crippen molar-refractivity contribution in [2.45, 2.75) is 51.4 Å². The van der Waals surface area contributed by atoms with Gasteiger partial charge in [0.15, 0.2) is 0 Å². The highest BCUT2D eigenvalue weighted by Crippen LogP contribution is 2.12. The summed E-state index contributed by atoms with van der Waals surface area (Å²) in [5.74, 6) is -0.0337. The van der Waals surface area contributed by atoms with Crippen LogP contribution in [0.2, 0.25) is 0 Å². The highest BCUT2D eigenvalue weighted by Gasteiger charge is 2.14. The van der Waals surface area contributed by atoms with E-state index in [1.54, 1.807) is 0 Å². The molecule has 0 radical (unpaired) electrons. The smallest absolute Gasteiger partial charge is 0.222 e. The molecule has 1 rings (SSSR count). The Labute approximate surface area is 122 Å². The monoisotopic (exact) mass is 286 g/mol. The molecule has 1 fully saturated rings. The molecule has 2 amide bonds. The van der Waals surface area contributed by atoms with Crippen molar-refractivity contribution in [3.05, 3.63) is 0 Å². The van der Waals surface area contributed by atoms with Gasteiger partial charge in [0.05, 0.1) is 0 Å². The summed E-state index contributed by atoms with van der Waals surface area (Å²) in [6.45, 7) is 3.02. The molecule has 0 unspecified atom stereocenters. The standard InChI is InChI=1S/C12H22N2O2.C2H8N2/c13-11(15)7-3-4-8-12(16)14-9-5-1-2-6-10-14;3-1-2-4/h1-10H2,(H2,13,15);1-4H2. The van der Waals surface area contributed by atoms with Crippen molar-refractivity contribution in [3.8, 4) is 0 Å². The molecule has 1 aliphatic heterocycles. The molecule has 6 heteroatoms. The van der Waals surface area contributed by atoms with Gasteiger partial charge in [0, 0.05) is 39.0 Å². The predicted molar refractivity (Wildman–Crippen MR) is 80.8 cm³/mol. The predicted octanol–water partition coefficient (Wildman–Crippen LogP) is 0.339. The van der Waals surface area contributed by atoms with E-state index < -0.39 is 0 Å². The van der Waals surface area contributed by atoms with Crippen LogP contribution in [-0.4, -0.2) is 42.9 Å². The number of carbonyl (C=O) groups is 2. The van der Waals surface area contributed by atoms with E-state index in [2.05, 4.69) is 0 Å². The van der Waals surface area contributed by atoms with Crippen molar-refractivity contribution >= 4 is 11.8 Å². The lowest BCUT2D eigenvalue weighted by Crippen LogP contribution is -2.31. The molecule has 1 heterocycles. The van der Waals surface area contributed by atoms with Gasteiger partial charge in [0.25, 0.3) is 0 Å². The second-order valence-corrected chi connectivity index (χ2v) is 5.05. The molecular formula is C14H30N4O2. The molecule has 1 saturated heterocycles. The number of primary amides is 1. The zero-order chi connectivity index (χ0) is 15.2. The largest absolute Gasteiger partial charge is 0.370 e. The molecule has 0 aromatic rings. The second kappa shape index (κ2) is 12.9. The summed E-state index contributed by atoms with van der Waals surface area (Å²) in [4.78, 5) is 24.3. The van der Waals surface area contributed by atoms with Crippen LogP contribution in [0.25, 0.3) is 0 Å². The minimum Gasteiger partial charge on any atom is -0.370 e. The number of likely N-dealkylation sites (tertiary alicyclic amines) is 1. The van der Waals surface area contributed by atoms with Crippen molar-refractivity contribution in [3.63, 3.8) is 0 Å². The maximum Gasteiger partial charge on any atom is 0.222 e. The summed E-state index contributed by atoms with van der Waals surface area (Å²) in [6.07, 6.45) is 7.21. The summed E-state index contributed by atoms with van der Waals surface area (Å²) >= 11 is 0. The molecule has 20 heavy (non-hydrogen) atoms. The zero-order valence-corrected chi connectivity index (χ0v) is 12.5. The highest BCUT2D eigenvalue weighted by atomic mass is 16.2. The molecule has 0 aromatic heterocycles. The van der Waals surface area contributed by atoms with Crippen LogP contribution in [0.1, 0.15) is 51.4 Å². The molecule has 1 aliphatic rings. The first-order valence-electron chi connectivity index (χ1n) is 7.58. The van der Waals surface area contributed by atoms with Crippen LogP contribution < -0.4 is 17.2 Å². The zero-order valence-electron chi connectivity index (χ0n) is 12.5. The van der Waals surface area contributed by atoms with Gasteiger partial charge in [-0.3, -0.25) is 9.59 Å². The summed E-state index contributed by atoms with van der Waals surface area (Å²) in [6, 6.07) is 0. The fraction of sp³-hybridized carbons (Fsp3) is 0.857. The lowest BCUT2D eigenvalue weighted by Gasteiger charge is -2.20. The van der Waals surface area contributed by atoms with Crippen molar-refractivity contribution in [1.82, 2.24) is 4.90 Å². The van der Waals surface area contributed by atoms with Crippen LogP contribution in [0.5, 0.6) is 0 Å². The minimum atomic E-state index is -0.276. The average molecular weight is 286 g/mol. The number of carbonyl (C=O) groups excluding carboxylic acids is 2. The molecule has 0 saturated carbocycles. The lowest BCUT2D eigenvalue weighted by atomic mass is 10.1. The Morgan fingerprint density at radius 2 is 1.35 bits per heavy atom. The van der Waals surface area contributed by atoms with E-state index in [1.165, 1.54) is 12.8 Å². The molecule has 6 N–H and O–H groups in total. The first-order chi connectivity index (χ1) is 9.61. The molecule has 0 bridgehead atoms. The number of nitrogens with two attached hydrogens (primary N) is 3. The first-order valence-corrected chi connectivity index (χ1v) is 7.58. The van der Waals surface area contributed by atoms with E-state index in [4.69, 9.17) is 17.2 Å². The number of hydrogen-bond donors (Lipinski definition) is 3. The van der Waals surface area contributed by atoms with Crippen molar-refractivity contribution in [2.24, 2.45) is 17.2 Å². The maximum absolute atomic E-state index is 11.8. The molecule has 0 spiro atoms. The number of rotatable bonds is 6. The van der Waals surface area contributed by atoms with Crippen LogP contribution in [0.15, 0.2) is 0 Å². The Bertz CT molecular complexity index is 262. The van der Waals surface area contributed by atoms with Gasteiger partial charge < -0.3 is 22.1 Å². The van der Waals surface area contributed by atoms with E-state index in [1.807, 2.05) is 4.90 Å². The first kappa shape index (κ1) is 18.9. The normalized spacial score (nSPS) is 15.0. The third-order valence-electron chi connectivity index (χ3n) is 3.19. The molecule has 6 nitrogen and oxygen atoms in total. The van der Waals surface area contributed by atoms with Crippen LogP contribution >= 0.6 is 0 Å². The van der Waals surface area contributed by atoms with E-state index in [0.29, 0.717) is 25.9 Å². The van der Waals surface area contributed by atoms with Crippen LogP contribution in [0.4, 0.5) is 0 Å². The maximum atomic E-state index is 11.8. The Hall–Kier alpha value is -1.14. The van der Waals surface area contributed by atoms with Crippen molar-refractivity contribution in [1.29, 1.82) is 0 Å². The van der Waals surface area contributed by atoms with Gasteiger partial charge in [0.2, 0.25) is 11.8 Å². The third-order valence-corrected chi connectivity index (χ3v) is 3.19. The minimum absolute atomic E-state index is 0.242. The van der Waals surface area contributed by atoms with Gasteiger partial charge in [-0.2, -0.15) is 0 Å². The van der Waals surface area contributed by atoms with Gasteiger partial charge in [-0.15, -0.1) is 0 Å². The van der Waals surface area contributed by atoms with Gasteiger partial charge in [0.1, 0.15) is 0 Å². The number of nitrogens with zero attached hydrogens (tertiary/aromatic N) is 1. The van der Waals surface area contributed by atoms with Gasteiger partial charge in [-0.05, 0) is 25.7 Å². The fourth-order valence-electron chi connectivity index (χ4n) is 2.05. The topological polar surface area (TPSA) is 115 Å². The average Bonchev–Trinajstić information content (AvgIpc) is 2.72. The quantitative estimate of drug-likeness (QED) is 0.610. The molecule has 0 aromatic carbocycles. The fourth-order valence-corrected chi connectivity index (χ4v) is 2.05. The van der Waals surface area contributed by atoms with Crippen LogP contribution in [0, 0.1) is 0 Å². The second-order valence-electron chi connectivity index (χ2n) is 5.05. The van der Waals surface area contributed by atoms with Crippen molar-refractivity contribution < 1.29 is 9.59 Å². The van der Waals surface area contributed by atoms with Gasteiger partial charge >= 0.3 is 0 Å². The summed E-state index contributed by atoms with van der Waals surface area (Å²) < 4.78 is 0. The third kappa shape index (κ3) is 10.8. The lowest BCUT2D eigenvalue weighted by molar-refractivity contribution is -0.131. The molecule has 0 aliphatic carbocycles. The Kier molecular flexibility index (Phi) is 12.1. The summed E-state index contributed by atoms with van der Waals surface area (Å²) in [5.41, 5.74) is 14.8. The van der Waals surface area contributed by atoms with E-state index in [9.17, 15) is 9.59 Å². The molecule has 118 valence electrons. The van der Waals surface area contributed by atoms with E-state index >= 15 is 0 Å². The number of hydrogen-bond acceptors (Lipinski definition) is 4. The summed E-state index contributed by atoms with van der Waals surface area (Å²) in [7, 11) is 0. The Balaban J connectivity index is 0.000000796. The Morgan fingerprint density at radius 1 is 0.850 bits per heavy atom. The molecule has 0 atom stereocenters. The van der Waals surface area contributed by atoms with Gasteiger partial charge in [-0.1, -0.05) is 12.8 Å². The van der Waals surface area contributed by atoms with Crippen LogP contribution in [0.3, 0.4) is 0 Å². The van der Waals surface area contributed by atoms with Crippen molar-refractivity contribution in [2.75, 3.05) is 26.2 Å². The summed E-state index contributed by atoms with van der Waals surface area (Å²) in [5, 5.41) is 0. The number of unbranched alkanes of at least 4 members (excludes halogenated alkanes) is 1.